The Balaban J connectivity index is 1.99. The van der Waals surface area contributed by atoms with Crippen LogP contribution in [0, 0.1) is 6.61 Å². The summed E-state index contributed by atoms with van der Waals surface area (Å²) in [6, 6.07) is 10.1. The van der Waals surface area contributed by atoms with Gasteiger partial charge in [-0.1, -0.05) is 56.5 Å². The summed E-state index contributed by atoms with van der Waals surface area (Å²) < 4.78 is 5.44. The van der Waals surface area contributed by atoms with E-state index in [2.05, 4.69) is 6.92 Å². The molecule has 0 bridgehead atoms. The van der Waals surface area contributed by atoms with Crippen LogP contribution in [0.1, 0.15) is 38.2 Å². The third-order valence-corrected chi connectivity index (χ3v) is 2.13. The van der Waals surface area contributed by atoms with E-state index in [1.807, 2.05) is 36.9 Å². The van der Waals surface area contributed by atoms with Crippen molar-refractivity contribution in [2.75, 3.05) is 6.61 Å². The maximum atomic E-state index is 5.44. The van der Waals surface area contributed by atoms with Crippen molar-refractivity contribution >= 4 is 0 Å². The molecule has 0 unspecified atom stereocenters. The molecule has 1 nitrogen and oxygen atoms in total. The Bertz CT molecular complexity index is 218. The molecular weight excluding hydrogens is 172 g/mol. The number of benzene rings is 1. The largest absolute Gasteiger partial charge is 0.370 e. The Labute approximate surface area is 87.1 Å². The van der Waals surface area contributed by atoms with Gasteiger partial charge in [0, 0.05) is 6.61 Å². The van der Waals surface area contributed by atoms with Gasteiger partial charge in [0.05, 0.1) is 0 Å². The van der Waals surface area contributed by atoms with E-state index in [1.54, 1.807) is 0 Å². The summed E-state index contributed by atoms with van der Waals surface area (Å²) in [5, 5.41) is 0. The molecule has 1 aromatic carbocycles. The average molecular weight is 191 g/mol. The van der Waals surface area contributed by atoms with Crippen molar-refractivity contribution in [2.24, 2.45) is 0 Å². The van der Waals surface area contributed by atoms with E-state index in [0.717, 1.165) is 18.6 Å². The van der Waals surface area contributed by atoms with E-state index >= 15 is 0 Å². The van der Waals surface area contributed by atoms with Crippen LogP contribution in [0.25, 0.3) is 0 Å². The SMILES string of the molecule is CCCCCCO[CH]c1ccccc1. The van der Waals surface area contributed by atoms with Crippen LogP contribution in [0.5, 0.6) is 0 Å². The minimum absolute atomic E-state index is 0.842. The third-order valence-electron chi connectivity index (χ3n) is 2.13. The van der Waals surface area contributed by atoms with Crippen molar-refractivity contribution in [1.82, 2.24) is 0 Å². The minimum Gasteiger partial charge on any atom is -0.370 e. The Morgan fingerprint density at radius 1 is 1.07 bits per heavy atom. The number of hydrogen-bond donors (Lipinski definition) is 0. The van der Waals surface area contributed by atoms with Gasteiger partial charge in [0.25, 0.3) is 0 Å². The molecule has 0 aliphatic carbocycles. The van der Waals surface area contributed by atoms with Crippen LogP contribution >= 0.6 is 0 Å². The molecule has 1 rings (SSSR count). The molecule has 1 aromatic rings. The molecule has 1 radical (unpaired) electrons. The smallest absolute Gasteiger partial charge is 0.113 e. The van der Waals surface area contributed by atoms with E-state index in [0.29, 0.717) is 0 Å². The Morgan fingerprint density at radius 2 is 1.86 bits per heavy atom. The zero-order valence-electron chi connectivity index (χ0n) is 8.91. The number of ether oxygens (including phenoxy) is 1. The second-order valence-electron chi connectivity index (χ2n) is 3.46. The zero-order valence-corrected chi connectivity index (χ0v) is 8.91. The molecule has 0 fully saturated rings. The molecule has 0 N–H and O–H groups in total. The first-order valence-electron chi connectivity index (χ1n) is 5.43. The Kier molecular flexibility index (Phi) is 6.09. The highest BCUT2D eigenvalue weighted by Gasteiger charge is 1.92. The first-order chi connectivity index (χ1) is 6.93. The summed E-state index contributed by atoms with van der Waals surface area (Å²) >= 11 is 0. The van der Waals surface area contributed by atoms with Gasteiger partial charge in [-0.25, -0.2) is 0 Å². The van der Waals surface area contributed by atoms with Gasteiger partial charge in [0.2, 0.25) is 0 Å². The molecule has 0 aliphatic rings. The van der Waals surface area contributed by atoms with Crippen molar-refractivity contribution in [2.45, 2.75) is 32.6 Å². The minimum atomic E-state index is 0.842. The summed E-state index contributed by atoms with van der Waals surface area (Å²) in [6.45, 7) is 4.90. The standard InChI is InChI=1S/C13H19O/c1-2-3-4-8-11-14-12-13-9-6-5-7-10-13/h5-7,9-10,12H,2-4,8,11H2,1H3. The third kappa shape index (κ3) is 5.03. The van der Waals surface area contributed by atoms with Crippen LogP contribution in [0.4, 0.5) is 0 Å². The van der Waals surface area contributed by atoms with Gasteiger partial charge in [-0.15, -0.1) is 0 Å². The monoisotopic (exact) mass is 191 g/mol. The fourth-order valence-electron chi connectivity index (χ4n) is 1.30. The normalized spacial score (nSPS) is 10.4. The lowest BCUT2D eigenvalue weighted by Crippen LogP contribution is -1.92. The molecule has 0 saturated carbocycles. The van der Waals surface area contributed by atoms with Gasteiger partial charge in [0.1, 0.15) is 6.61 Å². The second-order valence-corrected chi connectivity index (χ2v) is 3.46. The molecule has 0 aromatic heterocycles. The fourth-order valence-corrected chi connectivity index (χ4v) is 1.30. The number of rotatable bonds is 7. The predicted molar refractivity (Wildman–Crippen MR) is 59.9 cm³/mol. The molecule has 0 atom stereocenters. The molecule has 0 saturated heterocycles. The highest BCUT2D eigenvalue weighted by atomic mass is 16.5. The summed E-state index contributed by atoms with van der Waals surface area (Å²) in [6.07, 6.45) is 5.04. The van der Waals surface area contributed by atoms with Crippen LogP contribution in [0.2, 0.25) is 0 Å². The number of unbranched alkanes of at least 4 members (excludes halogenated alkanes) is 3. The summed E-state index contributed by atoms with van der Waals surface area (Å²) in [5.74, 6) is 0. The van der Waals surface area contributed by atoms with Crippen molar-refractivity contribution < 1.29 is 4.74 Å². The summed E-state index contributed by atoms with van der Waals surface area (Å²) in [7, 11) is 0. The predicted octanol–water partition coefficient (Wildman–Crippen LogP) is 3.79. The molecule has 0 amide bonds. The zero-order chi connectivity index (χ0) is 10.1. The highest BCUT2D eigenvalue weighted by Crippen LogP contribution is 2.04. The first kappa shape index (κ1) is 11.3. The molecule has 77 valence electrons. The molecule has 1 heteroatoms. The molecule has 0 spiro atoms. The van der Waals surface area contributed by atoms with E-state index in [9.17, 15) is 0 Å². The first-order valence-corrected chi connectivity index (χ1v) is 5.43. The second kappa shape index (κ2) is 7.57. The molecular formula is C13H19O. The lowest BCUT2D eigenvalue weighted by molar-refractivity contribution is 0.205. The van der Waals surface area contributed by atoms with Gasteiger partial charge in [-0.2, -0.15) is 0 Å². The Hall–Kier alpha value is -0.820. The number of hydrogen-bond acceptors (Lipinski definition) is 1. The van der Waals surface area contributed by atoms with Gasteiger partial charge in [0.15, 0.2) is 0 Å². The Morgan fingerprint density at radius 3 is 2.57 bits per heavy atom. The van der Waals surface area contributed by atoms with E-state index in [1.165, 1.54) is 19.3 Å². The van der Waals surface area contributed by atoms with Crippen LogP contribution in [0.15, 0.2) is 30.3 Å². The van der Waals surface area contributed by atoms with Gasteiger partial charge in [-0.05, 0) is 12.0 Å². The van der Waals surface area contributed by atoms with E-state index in [-0.39, 0.29) is 0 Å². The van der Waals surface area contributed by atoms with Crippen molar-refractivity contribution in [3.05, 3.63) is 42.5 Å². The van der Waals surface area contributed by atoms with Gasteiger partial charge < -0.3 is 4.74 Å². The average Bonchev–Trinajstić information content (AvgIpc) is 2.25. The fraction of sp³-hybridized carbons (Fsp3) is 0.462. The van der Waals surface area contributed by atoms with Gasteiger partial charge >= 0.3 is 0 Å². The van der Waals surface area contributed by atoms with Crippen molar-refractivity contribution in [3.8, 4) is 0 Å². The van der Waals surface area contributed by atoms with E-state index < -0.39 is 0 Å². The highest BCUT2D eigenvalue weighted by molar-refractivity contribution is 5.19. The van der Waals surface area contributed by atoms with Crippen LogP contribution in [-0.2, 0) is 4.74 Å². The van der Waals surface area contributed by atoms with E-state index in [4.69, 9.17) is 4.74 Å². The maximum Gasteiger partial charge on any atom is 0.113 e. The molecule has 0 aliphatic heterocycles. The molecule has 0 heterocycles. The van der Waals surface area contributed by atoms with Crippen LogP contribution < -0.4 is 0 Å². The van der Waals surface area contributed by atoms with Gasteiger partial charge in [-0.3, -0.25) is 0 Å². The summed E-state index contributed by atoms with van der Waals surface area (Å²) in [5.41, 5.74) is 1.14. The lowest BCUT2D eigenvalue weighted by atomic mass is 10.2. The topological polar surface area (TPSA) is 9.23 Å². The lowest BCUT2D eigenvalue weighted by Gasteiger charge is -2.02. The van der Waals surface area contributed by atoms with Crippen molar-refractivity contribution in [1.29, 1.82) is 0 Å². The maximum absolute atomic E-state index is 5.44. The quantitative estimate of drug-likeness (QED) is 0.596. The van der Waals surface area contributed by atoms with Crippen LogP contribution in [-0.4, -0.2) is 6.61 Å². The summed E-state index contributed by atoms with van der Waals surface area (Å²) in [4.78, 5) is 0. The molecule has 14 heavy (non-hydrogen) atoms. The van der Waals surface area contributed by atoms with Crippen molar-refractivity contribution in [3.63, 3.8) is 0 Å². The van der Waals surface area contributed by atoms with Crippen LogP contribution in [0.3, 0.4) is 0 Å².